The molecule has 0 aromatic rings. The Morgan fingerprint density at radius 2 is 0.527 bits per heavy atom. The molecule has 0 aliphatic heterocycles. The first-order chi connectivity index (χ1) is 36.5. The van der Waals surface area contributed by atoms with Gasteiger partial charge in [0.2, 0.25) is 0 Å². The number of hydrogen-bond donors (Lipinski definition) is 0. The monoisotopic (exact) mass is 1020 g/mol. The fourth-order valence-electron chi connectivity index (χ4n) is 7.63. The number of allylic oxidation sites excluding steroid dienone is 24. The van der Waals surface area contributed by atoms with Gasteiger partial charge in [0, 0.05) is 19.3 Å². The molecule has 0 radical (unpaired) electrons. The molecule has 0 amide bonds. The molecule has 0 saturated carbocycles. The van der Waals surface area contributed by atoms with Crippen LogP contribution in [-0.2, 0) is 28.6 Å². The Hall–Kier alpha value is -4.71. The molecule has 0 fully saturated rings. The van der Waals surface area contributed by atoms with Crippen molar-refractivity contribution < 1.29 is 28.6 Å². The van der Waals surface area contributed by atoms with Crippen molar-refractivity contribution in [1.29, 1.82) is 0 Å². The molecule has 0 rings (SSSR count). The molecule has 0 spiro atoms. The van der Waals surface area contributed by atoms with Gasteiger partial charge < -0.3 is 14.2 Å². The van der Waals surface area contributed by atoms with Crippen molar-refractivity contribution in [2.45, 2.75) is 252 Å². The van der Waals surface area contributed by atoms with E-state index in [-0.39, 0.29) is 31.1 Å². The number of rotatable bonds is 52. The predicted octanol–water partition coefficient (Wildman–Crippen LogP) is 20.4. The molecule has 0 aromatic heterocycles. The molecule has 6 heteroatoms. The molecule has 6 nitrogen and oxygen atoms in total. The highest BCUT2D eigenvalue weighted by molar-refractivity contribution is 5.71. The number of carbonyl (C=O) groups excluding carboxylic acids is 3. The zero-order chi connectivity index (χ0) is 53.6. The van der Waals surface area contributed by atoms with E-state index in [2.05, 4.69) is 167 Å². The molecule has 0 aromatic carbocycles. The summed E-state index contributed by atoms with van der Waals surface area (Å²) in [7, 11) is 0. The van der Waals surface area contributed by atoms with Crippen LogP contribution < -0.4 is 0 Å². The van der Waals surface area contributed by atoms with Crippen LogP contribution in [0.1, 0.15) is 245 Å². The SMILES string of the molecule is CC/C=C\C/C=C\C/C=C\C/C=C\C/C=C\C/C=C\C/C=C\CCCCCCCCCC(=O)OCC(COC(=O)CCCCC/C=C\C/C=C\C/C=C\CC)OC(=O)CCCCCCC/C=C\C/C=C\CCCC. The summed E-state index contributed by atoms with van der Waals surface area (Å²) in [6.45, 7) is 6.31. The van der Waals surface area contributed by atoms with Gasteiger partial charge in [0.25, 0.3) is 0 Å². The van der Waals surface area contributed by atoms with Crippen molar-refractivity contribution in [1.82, 2.24) is 0 Å². The summed E-state index contributed by atoms with van der Waals surface area (Å²) < 4.78 is 16.8. The van der Waals surface area contributed by atoms with Crippen LogP contribution in [0.15, 0.2) is 146 Å². The Bertz CT molecular complexity index is 1640. The molecule has 0 N–H and O–H groups in total. The van der Waals surface area contributed by atoms with Crippen LogP contribution in [0.3, 0.4) is 0 Å². The van der Waals surface area contributed by atoms with E-state index in [4.69, 9.17) is 14.2 Å². The van der Waals surface area contributed by atoms with E-state index >= 15 is 0 Å². The van der Waals surface area contributed by atoms with Crippen molar-refractivity contribution >= 4 is 17.9 Å². The van der Waals surface area contributed by atoms with E-state index in [9.17, 15) is 14.4 Å². The lowest BCUT2D eigenvalue weighted by Crippen LogP contribution is -2.30. The molecule has 1 atom stereocenters. The van der Waals surface area contributed by atoms with Gasteiger partial charge in [-0.1, -0.05) is 237 Å². The summed E-state index contributed by atoms with van der Waals surface area (Å²) in [4.78, 5) is 38.1. The van der Waals surface area contributed by atoms with Gasteiger partial charge >= 0.3 is 17.9 Å². The standard InChI is InChI=1S/C68H108O6/c1-4-7-10-13-16-19-22-25-27-28-29-30-31-32-33-34-35-36-37-38-39-40-41-44-46-49-52-55-58-61-67(70)73-64-65(63-72-66(69)60-57-54-51-48-45-42-24-21-18-15-12-9-6-3)74-68(71)62-59-56-53-50-47-43-26-23-20-17-14-11-8-5-2/h7,9-10,12,14,16-19,21,23,25-27,29-30,32-33,35-36,38-39,42,45,65H,4-6,8,11,13,15,20,22,24,28,31,34,37,40-41,43-44,46-64H2,1-3H3/b10-7-,12-9-,17-14-,19-16-,21-18-,26-23-,27-25-,30-29-,33-32-,36-35-,39-38-,45-42-. The maximum atomic E-state index is 12.8. The lowest BCUT2D eigenvalue weighted by atomic mass is 10.1. The number of carbonyl (C=O) groups is 3. The molecule has 1 unspecified atom stereocenters. The van der Waals surface area contributed by atoms with Crippen molar-refractivity contribution in [2.75, 3.05) is 13.2 Å². The first-order valence-electron chi connectivity index (χ1n) is 29.8. The fraction of sp³-hybridized carbons (Fsp3) is 0.603. The first kappa shape index (κ1) is 69.3. The zero-order valence-corrected chi connectivity index (χ0v) is 47.5. The minimum absolute atomic E-state index is 0.104. The van der Waals surface area contributed by atoms with E-state index < -0.39 is 6.10 Å². The molecule has 0 saturated heterocycles. The molecule has 0 aliphatic carbocycles. The van der Waals surface area contributed by atoms with Gasteiger partial charge in [0.05, 0.1) is 0 Å². The summed E-state index contributed by atoms with van der Waals surface area (Å²) in [6, 6.07) is 0. The largest absolute Gasteiger partial charge is 0.462 e. The van der Waals surface area contributed by atoms with Gasteiger partial charge in [0.1, 0.15) is 13.2 Å². The van der Waals surface area contributed by atoms with Gasteiger partial charge in [-0.05, 0) is 135 Å². The highest BCUT2D eigenvalue weighted by atomic mass is 16.6. The molecule has 416 valence electrons. The van der Waals surface area contributed by atoms with Gasteiger partial charge in [-0.15, -0.1) is 0 Å². The van der Waals surface area contributed by atoms with E-state index in [0.717, 1.165) is 161 Å². The number of ether oxygens (including phenoxy) is 3. The quantitative estimate of drug-likeness (QED) is 0.0261. The number of esters is 3. The van der Waals surface area contributed by atoms with Gasteiger partial charge in [-0.25, -0.2) is 0 Å². The maximum absolute atomic E-state index is 12.8. The minimum atomic E-state index is -0.808. The van der Waals surface area contributed by atoms with Crippen molar-refractivity contribution in [2.24, 2.45) is 0 Å². The molecular weight excluding hydrogens is 913 g/mol. The van der Waals surface area contributed by atoms with Crippen molar-refractivity contribution in [3.63, 3.8) is 0 Å². The molecule has 0 bridgehead atoms. The van der Waals surface area contributed by atoms with E-state index in [0.29, 0.717) is 19.3 Å². The van der Waals surface area contributed by atoms with Crippen LogP contribution >= 0.6 is 0 Å². The lowest BCUT2D eigenvalue weighted by Gasteiger charge is -2.18. The first-order valence-corrected chi connectivity index (χ1v) is 29.8. The van der Waals surface area contributed by atoms with E-state index in [1.54, 1.807) is 0 Å². The average molecular weight is 1020 g/mol. The highest BCUT2D eigenvalue weighted by Gasteiger charge is 2.19. The van der Waals surface area contributed by atoms with Crippen LogP contribution in [0.2, 0.25) is 0 Å². The van der Waals surface area contributed by atoms with Crippen LogP contribution in [0, 0.1) is 0 Å². The minimum Gasteiger partial charge on any atom is -0.462 e. The van der Waals surface area contributed by atoms with E-state index in [1.807, 2.05) is 0 Å². The molecular formula is C68H108O6. The summed E-state index contributed by atoms with van der Waals surface area (Å²) >= 11 is 0. The summed E-state index contributed by atoms with van der Waals surface area (Å²) in [5.74, 6) is -0.965. The third-order valence-corrected chi connectivity index (χ3v) is 12.1. The van der Waals surface area contributed by atoms with Gasteiger partial charge in [0.15, 0.2) is 6.10 Å². The van der Waals surface area contributed by atoms with Crippen molar-refractivity contribution in [3.8, 4) is 0 Å². The molecule has 0 heterocycles. The third-order valence-electron chi connectivity index (χ3n) is 12.1. The van der Waals surface area contributed by atoms with Crippen LogP contribution in [0.5, 0.6) is 0 Å². The third kappa shape index (κ3) is 58.2. The van der Waals surface area contributed by atoms with Gasteiger partial charge in [-0.3, -0.25) is 14.4 Å². The Labute approximate surface area is 455 Å². The zero-order valence-electron chi connectivity index (χ0n) is 47.5. The summed E-state index contributed by atoms with van der Waals surface area (Å²) in [6.07, 6.45) is 87.0. The average Bonchev–Trinajstić information content (AvgIpc) is 3.40. The maximum Gasteiger partial charge on any atom is 0.306 e. The molecule has 74 heavy (non-hydrogen) atoms. The Balaban J connectivity index is 4.36. The topological polar surface area (TPSA) is 78.9 Å². The second-order valence-electron chi connectivity index (χ2n) is 19.1. The van der Waals surface area contributed by atoms with Crippen LogP contribution in [-0.4, -0.2) is 37.2 Å². The second kappa shape index (κ2) is 60.8. The second-order valence-corrected chi connectivity index (χ2v) is 19.1. The van der Waals surface area contributed by atoms with Crippen LogP contribution in [0.4, 0.5) is 0 Å². The predicted molar refractivity (Wildman–Crippen MR) is 320 cm³/mol. The number of hydrogen-bond acceptors (Lipinski definition) is 6. The lowest BCUT2D eigenvalue weighted by molar-refractivity contribution is -0.167. The smallest absolute Gasteiger partial charge is 0.306 e. The number of unbranched alkanes of at least 4 members (excludes halogenated alkanes) is 17. The van der Waals surface area contributed by atoms with Gasteiger partial charge in [-0.2, -0.15) is 0 Å². The van der Waals surface area contributed by atoms with E-state index in [1.165, 1.54) is 44.9 Å². The van der Waals surface area contributed by atoms with Crippen LogP contribution in [0.25, 0.3) is 0 Å². The summed E-state index contributed by atoms with van der Waals surface area (Å²) in [5, 5.41) is 0. The normalized spacial score (nSPS) is 13.2. The summed E-state index contributed by atoms with van der Waals surface area (Å²) in [5.41, 5.74) is 0. The molecule has 0 aliphatic rings. The van der Waals surface area contributed by atoms with Crippen molar-refractivity contribution in [3.05, 3.63) is 146 Å². The Morgan fingerprint density at radius 3 is 0.838 bits per heavy atom. The Kier molecular flexibility index (Phi) is 57.0. The Morgan fingerprint density at radius 1 is 0.284 bits per heavy atom. The highest BCUT2D eigenvalue weighted by Crippen LogP contribution is 2.13. The fourth-order valence-corrected chi connectivity index (χ4v) is 7.63.